The molecule has 0 radical (unpaired) electrons. The average Bonchev–Trinajstić information content (AvgIpc) is 3.33. The third-order valence-corrected chi connectivity index (χ3v) is 7.01. The molecule has 178 valence electrons. The molecule has 35 heavy (non-hydrogen) atoms. The van der Waals surface area contributed by atoms with Crippen LogP contribution < -0.4 is 15.0 Å². The van der Waals surface area contributed by atoms with Gasteiger partial charge in [-0.25, -0.2) is 0 Å². The quantitative estimate of drug-likeness (QED) is 0.339. The van der Waals surface area contributed by atoms with E-state index in [0.29, 0.717) is 5.11 Å². The molecule has 1 fully saturated rings. The molecule has 0 saturated carbocycles. The van der Waals surface area contributed by atoms with Crippen molar-refractivity contribution in [3.8, 4) is 11.4 Å². The minimum Gasteiger partial charge on any atom is -0.495 e. The third-order valence-electron chi connectivity index (χ3n) is 6.70. The number of nitrogens with one attached hydrogen (secondary N) is 1. The smallest absolute Gasteiger partial charge is 0.174 e. The number of ether oxygens (including phenoxy) is 1. The molecule has 2 atom stereocenters. The first-order valence-corrected chi connectivity index (χ1v) is 12.2. The van der Waals surface area contributed by atoms with Gasteiger partial charge in [-0.15, -0.1) is 0 Å². The van der Waals surface area contributed by atoms with Gasteiger partial charge < -0.3 is 19.5 Å². The zero-order valence-electron chi connectivity index (χ0n) is 20.7. The molecule has 1 N–H and O–H groups in total. The van der Waals surface area contributed by atoms with Crippen molar-refractivity contribution in [1.29, 1.82) is 0 Å². The van der Waals surface area contributed by atoms with Gasteiger partial charge in [-0.2, -0.15) is 0 Å². The van der Waals surface area contributed by atoms with Gasteiger partial charge in [0.1, 0.15) is 5.75 Å². The number of hydrogen-bond acceptors (Lipinski definition) is 3. The summed E-state index contributed by atoms with van der Waals surface area (Å²) in [6.07, 6.45) is 1.84. The molecule has 1 saturated heterocycles. The predicted octanol–water partition coefficient (Wildman–Crippen LogP) is 6.29. The van der Waals surface area contributed by atoms with Crippen LogP contribution in [-0.2, 0) is 0 Å². The number of aromatic nitrogens is 2. The van der Waals surface area contributed by atoms with Gasteiger partial charge >= 0.3 is 0 Å². The van der Waals surface area contributed by atoms with Gasteiger partial charge in [0.25, 0.3) is 0 Å². The van der Waals surface area contributed by atoms with E-state index in [9.17, 15) is 0 Å². The van der Waals surface area contributed by atoms with Crippen LogP contribution in [0.4, 0.5) is 5.69 Å². The largest absolute Gasteiger partial charge is 0.495 e. The van der Waals surface area contributed by atoms with Crippen molar-refractivity contribution < 1.29 is 4.74 Å². The second-order valence-corrected chi connectivity index (χ2v) is 9.56. The predicted molar refractivity (Wildman–Crippen MR) is 146 cm³/mol. The molecule has 5 rings (SSSR count). The van der Waals surface area contributed by atoms with Gasteiger partial charge in [-0.05, 0) is 99.1 Å². The van der Waals surface area contributed by atoms with E-state index >= 15 is 0 Å². The summed E-state index contributed by atoms with van der Waals surface area (Å²) in [7, 11) is 1.70. The number of thiocarbonyl (C=S) groups is 1. The Morgan fingerprint density at radius 1 is 0.914 bits per heavy atom. The first kappa shape index (κ1) is 23.1. The molecule has 0 amide bonds. The summed E-state index contributed by atoms with van der Waals surface area (Å²) in [5.41, 5.74) is 9.14. The molecular formula is C29H30N4OS. The van der Waals surface area contributed by atoms with Crippen LogP contribution in [0.2, 0.25) is 0 Å². The lowest BCUT2D eigenvalue weighted by Gasteiger charge is -2.29. The summed E-state index contributed by atoms with van der Waals surface area (Å²) in [5, 5.41) is 4.22. The number of nitrogens with zero attached hydrogens (tertiary/aromatic N) is 3. The third kappa shape index (κ3) is 4.08. The number of para-hydroxylation sites is 2. The zero-order valence-corrected chi connectivity index (χ0v) is 21.6. The van der Waals surface area contributed by atoms with E-state index in [4.69, 9.17) is 21.9 Å². The first-order valence-electron chi connectivity index (χ1n) is 11.8. The summed E-state index contributed by atoms with van der Waals surface area (Å²) >= 11 is 5.92. The Labute approximate surface area is 212 Å². The van der Waals surface area contributed by atoms with Crippen LogP contribution in [0.25, 0.3) is 5.69 Å². The lowest BCUT2D eigenvalue weighted by molar-refractivity contribution is 0.414. The number of anilines is 1. The zero-order chi connectivity index (χ0) is 24.7. The van der Waals surface area contributed by atoms with Crippen LogP contribution in [-0.4, -0.2) is 21.8 Å². The SMILES string of the molecule is COc1ccccc1N1C(=S)N[C@@H](c2ccccn2)[C@H]1c1cc(C)n(-c2cc(C)cc(C)c2)c1C. The van der Waals surface area contributed by atoms with Crippen LogP contribution in [0.5, 0.6) is 5.75 Å². The molecule has 3 heterocycles. The molecule has 1 aliphatic rings. The van der Waals surface area contributed by atoms with Gasteiger partial charge in [0.2, 0.25) is 0 Å². The van der Waals surface area contributed by atoms with Gasteiger partial charge in [0.15, 0.2) is 5.11 Å². The lowest BCUT2D eigenvalue weighted by Crippen LogP contribution is -2.30. The van der Waals surface area contributed by atoms with Crippen molar-refractivity contribution in [1.82, 2.24) is 14.9 Å². The van der Waals surface area contributed by atoms with E-state index in [1.165, 1.54) is 33.8 Å². The van der Waals surface area contributed by atoms with E-state index in [1.807, 2.05) is 36.5 Å². The van der Waals surface area contributed by atoms with Gasteiger partial charge in [-0.1, -0.05) is 24.3 Å². The van der Waals surface area contributed by atoms with Crippen molar-refractivity contribution in [2.75, 3.05) is 12.0 Å². The maximum absolute atomic E-state index is 5.92. The Morgan fingerprint density at radius 2 is 1.63 bits per heavy atom. The van der Waals surface area contributed by atoms with Crippen molar-refractivity contribution >= 4 is 23.0 Å². The Bertz CT molecular complexity index is 1380. The highest BCUT2D eigenvalue weighted by Gasteiger charge is 2.43. The molecule has 6 heteroatoms. The molecule has 0 bridgehead atoms. The van der Waals surface area contributed by atoms with E-state index in [-0.39, 0.29) is 12.1 Å². The van der Waals surface area contributed by atoms with Crippen LogP contribution in [0, 0.1) is 27.7 Å². The molecule has 0 unspecified atom stereocenters. The maximum Gasteiger partial charge on any atom is 0.174 e. The minimum absolute atomic E-state index is 0.0976. The molecule has 0 aliphatic carbocycles. The van der Waals surface area contributed by atoms with E-state index in [2.05, 4.69) is 78.9 Å². The van der Waals surface area contributed by atoms with E-state index in [0.717, 1.165) is 17.1 Å². The highest BCUT2D eigenvalue weighted by molar-refractivity contribution is 7.80. The Kier molecular flexibility index (Phi) is 6.07. The second-order valence-electron chi connectivity index (χ2n) is 9.18. The molecule has 5 nitrogen and oxygen atoms in total. The standard InChI is InChI=1S/C29H30N4OS/c1-18-14-19(2)16-22(15-18)32-20(3)17-23(21(32)4)28-27(24-10-8-9-13-30-24)31-29(35)33(28)25-11-6-7-12-26(25)34-5/h6-17,27-28H,1-5H3,(H,31,35)/t27-,28+/m0/s1. The molecule has 0 spiro atoms. The van der Waals surface area contributed by atoms with Crippen molar-refractivity contribution in [2.45, 2.75) is 39.8 Å². The van der Waals surface area contributed by atoms with Gasteiger partial charge in [0, 0.05) is 23.3 Å². The van der Waals surface area contributed by atoms with Crippen LogP contribution in [0.3, 0.4) is 0 Å². The monoisotopic (exact) mass is 482 g/mol. The fourth-order valence-electron chi connectivity index (χ4n) is 5.32. The summed E-state index contributed by atoms with van der Waals surface area (Å²) in [6, 6.07) is 22.8. The van der Waals surface area contributed by atoms with Crippen LogP contribution in [0.1, 0.15) is 45.9 Å². The highest BCUT2D eigenvalue weighted by Crippen LogP contribution is 2.46. The number of aryl methyl sites for hydroxylation is 3. The average molecular weight is 483 g/mol. The van der Waals surface area contributed by atoms with Gasteiger partial charge in [-0.3, -0.25) is 4.98 Å². The topological polar surface area (TPSA) is 42.3 Å². The van der Waals surface area contributed by atoms with Crippen molar-refractivity contribution in [3.05, 3.63) is 107 Å². The maximum atomic E-state index is 5.92. The summed E-state index contributed by atoms with van der Waals surface area (Å²) < 4.78 is 8.08. The highest BCUT2D eigenvalue weighted by atomic mass is 32.1. The first-order chi connectivity index (χ1) is 16.9. The number of rotatable bonds is 5. The molecule has 2 aromatic heterocycles. The molecule has 1 aliphatic heterocycles. The summed E-state index contributed by atoms with van der Waals surface area (Å²) in [4.78, 5) is 6.88. The molecule has 4 aromatic rings. The molecule has 2 aromatic carbocycles. The second kappa shape index (κ2) is 9.19. The summed E-state index contributed by atoms with van der Waals surface area (Å²) in [6.45, 7) is 8.65. The Morgan fingerprint density at radius 3 is 2.31 bits per heavy atom. The summed E-state index contributed by atoms with van der Waals surface area (Å²) in [5.74, 6) is 0.784. The van der Waals surface area contributed by atoms with Crippen LogP contribution >= 0.6 is 12.2 Å². The van der Waals surface area contributed by atoms with E-state index < -0.39 is 0 Å². The number of methoxy groups -OCH3 is 1. The molecular weight excluding hydrogens is 452 g/mol. The fourth-order valence-corrected chi connectivity index (χ4v) is 5.66. The fraction of sp³-hybridized carbons (Fsp3) is 0.241. The normalized spacial score (nSPS) is 17.5. The van der Waals surface area contributed by atoms with E-state index in [1.54, 1.807) is 7.11 Å². The van der Waals surface area contributed by atoms with Crippen LogP contribution in [0.15, 0.2) is 72.9 Å². The number of pyridine rings is 1. The van der Waals surface area contributed by atoms with Gasteiger partial charge in [0.05, 0.1) is 30.6 Å². The minimum atomic E-state index is -0.109. The number of hydrogen-bond donors (Lipinski definition) is 1. The van der Waals surface area contributed by atoms with Crippen molar-refractivity contribution in [3.63, 3.8) is 0 Å². The Hall–Kier alpha value is -3.64. The Balaban J connectivity index is 1.71. The lowest BCUT2D eigenvalue weighted by atomic mass is 9.96. The number of benzene rings is 2. The van der Waals surface area contributed by atoms with Crippen molar-refractivity contribution in [2.24, 2.45) is 0 Å².